The van der Waals surface area contributed by atoms with Crippen molar-refractivity contribution < 1.29 is 0 Å². The number of aromatic nitrogens is 4. The Balaban J connectivity index is 1.16. The summed E-state index contributed by atoms with van der Waals surface area (Å²) in [5.41, 5.74) is 4.07. The minimum atomic E-state index is 0.492. The summed E-state index contributed by atoms with van der Waals surface area (Å²) < 4.78 is 2.85. The summed E-state index contributed by atoms with van der Waals surface area (Å²) >= 11 is 3.65. The van der Waals surface area contributed by atoms with Gasteiger partial charge in [-0.3, -0.25) is 9.88 Å². The van der Waals surface area contributed by atoms with Gasteiger partial charge in [-0.15, -0.1) is 0 Å². The van der Waals surface area contributed by atoms with Crippen molar-refractivity contribution in [2.24, 2.45) is 17.3 Å². The first-order valence-electron chi connectivity index (χ1n) is 11.6. The maximum atomic E-state index is 5.06. The van der Waals surface area contributed by atoms with Crippen LogP contribution >= 0.6 is 15.9 Å². The van der Waals surface area contributed by atoms with Crippen LogP contribution in [-0.4, -0.2) is 43.6 Å². The predicted molar refractivity (Wildman–Crippen MR) is 123 cm³/mol. The summed E-state index contributed by atoms with van der Waals surface area (Å²) in [5.74, 6) is 3.55. The van der Waals surface area contributed by atoms with E-state index >= 15 is 0 Å². The molecule has 0 aromatic carbocycles. The number of likely N-dealkylation sites (tertiary alicyclic amines) is 1. The van der Waals surface area contributed by atoms with Crippen molar-refractivity contribution in [1.82, 2.24) is 24.5 Å². The molecule has 1 aliphatic heterocycles. The lowest BCUT2D eigenvalue weighted by Crippen LogP contribution is -2.43. The second kappa shape index (κ2) is 6.75. The van der Waals surface area contributed by atoms with E-state index in [9.17, 15) is 0 Å². The Bertz CT molecular complexity index is 1150. The standard InChI is InChI=1S/C24H27BrN6/c25-19-13-28-31-22(27-12-15-3-1-5-26-11-15)8-20(29-23(19)31)16-4-2-6-30(14-16)21-7-17-9-24(17)10-18(21)24/h1,3,5,8,11,13,16-18,21,27H,2,4,6-7,9-10,12,14H2/t16?,17-,18?,21?,24?/m1/s1. The molecule has 1 spiro atoms. The van der Waals surface area contributed by atoms with Gasteiger partial charge in [0.05, 0.1) is 16.4 Å². The molecule has 3 aliphatic carbocycles. The van der Waals surface area contributed by atoms with Crippen LogP contribution in [0.2, 0.25) is 0 Å². The molecule has 4 unspecified atom stereocenters. The summed E-state index contributed by atoms with van der Waals surface area (Å²) in [6.45, 7) is 3.14. The Morgan fingerprint density at radius 2 is 2.23 bits per heavy atom. The van der Waals surface area contributed by atoms with Crippen LogP contribution in [0.1, 0.15) is 49.3 Å². The fourth-order valence-electron chi connectivity index (χ4n) is 6.69. The SMILES string of the molecule is Brc1cnn2c(NCc3cccnc3)cc(C3CCCN(C4C[C@@H]5CC56CC46)C3)nc12. The predicted octanol–water partition coefficient (Wildman–Crippen LogP) is 4.48. The molecule has 1 saturated heterocycles. The fourth-order valence-corrected chi connectivity index (χ4v) is 7.03. The van der Waals surface area contributed by atoms with E-state index < -0.39 is 0 Å². The van der Waals surface area contributed by atoms with Crippen LogP contribution < -0.4 is 5.32 Å². The summed E-state index contributed by atoms with van der Waals surface area (Å²) in [6, 6.07) is 7.13. The van der Waals surface area contributed by atoms with Gasteiger partial charge in [-0.05, 0) is 83.5 Å². The monoisotopic (exact) mass is 478 g/mol. The van der Waals surface area contributed by atoms with Gasteiger partial charge in [-0.25, -0.2) is 4.98 Å². The fraction of sp³-hybridized carbons (Fsp3) is 0.542. The number of halogens is 1. The average Bonchev–Trinajstić information content (AvgIpc) is 3.65. The molecule has 3 saturated carbocycles. The summed E-state index contributed by atoms with van der Waals surface area (Å²) in [4.78, 5) is 12.1. The third-order valence-corrected chi connectivity index (χ3v) is 8.99. The first-order chi connectivity index (χ1) is 15.2. The molecule has 160 valence electrons. The Morgan fingerprint density at radius 3 is 3.03 bits per heavy atom. The number of fused-ring (bicyclic) bond motifs is 1. The van der Waals surface area contributed by atoms with E-state index in [1.54, 1.807) is 0 Å². The average molecular weight is 479 g/mol. The van der Waals surface area contributed by atoms with Crippen LogP contribution in [0.3, 0.4) is 0 Å². The number of anilines is 1. The van der Waals surface area contributed by atoms with E-state index in [2.05, 4.69) is 48.4 Å². The van der Waals surface area contributed by atoms with Crippen LogP contribution in [0.15, 0.2) is 41.3 Å². The van der Waals surface area contributed by atoms with E-state index in [-0.39, 0.29) is 0 Å². The van der Waals surface area contributed by atoms with Crippen molar-refractivity contribution in [3.63, 3.8) is 0 Å². The summed E-state index contributed by atoms with van der Waals surface area (Å²) in [7, 11) is 0. The molecule has 5 atom stereocenters. The molecular formula is C24H27BrN6. The minimum Gasteiger partial charge on any atom is -0.366 e. The molecule has 6 nitrogen and oxygen atoms in total. The lowest BCUT2D eigenvalue weighted by atomic mass is 9.92. The molecule has 1 N–H and O–H groups in total. The lowest BCUT2D eigenvalue weighted by Gasteiger charge is -2.38. The molecule has 3 aromatic rings. The van der Waals surface area contributed by atoms with Crippen molar-refractivity contribution in [2.75, 3.05) is 18.4 Å². The Hall–Kier alpha value is -1.99. The van der Waals surface area contributed by atoms with Gasteiger partial charge in [-0.2, -0.15) is 9.61 Å². The van der Waals surface area contributed by atoms with E-state index in [4.69, 9.17) is 4.98 Å². The second-order valence-electron chi connectivity index (χ2n) is 10.1. The zero-order valence-corrected chi connectivity index (χ0v) is 19.1. The molecule has 0 radical (unpaired) electrons. The smallest absolute Gasteiger partial charge is 0.171 e. The number of hydrogen-bond acceptors (Lipinski definition) is 5. The molecule has 31 heavy (non-hydrogen) atoms. The van der Waals surface area contributed by atoms with Gasteiger partial charge in [0.1, 0.15) is 5.82 Å². The van der Waals surface area contributed by atoms with E-state index in [1.807, 2.05) is 29.2 Å². The maximum Gasteiger partial charge on any atom is 0.171 e. The molecule has 7 heteroatoms. The highest BCUT2D eigenvalue weighted by atomic mass is 79.9. The van der Waals surface area contributed by atoms with Crippen molar-refractivity contribution in [1.29, 1.82) is 0 Å². The molecule has 4 heterocycles. The summed E-state index contributed by atoms with van der Waals surface area (Å²) in [5, 5.41) is 8.11. The van der Waals surface area contributed by atoms with Gasteiger partial charge < -0.3 is 5.32 Å². The third-order valence-electron chi connectivity index (χ3n) is 8.43. The molecule has 0 bridgehead atoms. The number of pyridine rings is 1. The Morgan fingerprint density at radius 1 is 1.26 bits per heavy atom. The normalized spacial score (nSPS) is 33.8. The van der Waals surface area contributed by atoms with E-state index in [1.165, 1.54) is 44.3 Å². The quantitative estimate of drug-likeness (QED) is 0.585. The highest BCUT2D eigenvalue weighted by Gasteiger charge is 2.77. The van der Waals surface area contributed by atoms with Crippen LogP contribution in [0, 0.1) is 17.3 Å². The highest BCUT2D eigenvalue weighted by molar-refractivity contribution is 9.10. The van der Waals surface area contributed by atoms with Gasteiger partial charge in [-0.1, -0.05) is 6.07 Å². The zero-order valence-electron chi connectivity index (χ0n) is 17.5. The third kappa shape index (κ3) is 2.96. The van der Waals surface area contributed by atoms with Gasteiger partial charge in [0.25, 0.3) is 0 Å². The molecule has 4 aliphatic rings. The first kappa shape index (κ1) is 18.6. The van der Waals surface area contributed by atoms with Crippen molar-refractivity contribution in [3.8, 4) is 0 Å². The van der Waals surface area contributed by atoms with Gasteiger partial charge in [0.15, 0.2) is 5.65 Å². The first-order valence-corrected chi connectivity index (χ1v) is 12.4. The topological polar surface area (TPSA) is 58.4 Å². The largest absolute Gasteiger partial charge is 0.366 e. The van der Waals surface area contributed by atoms with Gasteiger partial charge in [0, 0.05) is 43.5 Å². The molecule has 3 aromatic heterocycles. The van der Waals surface area contributed by atoms with Gasteiger partial charge >= 0.3 is 0 Å². The Labute approximate surface area is 190 Å². The number of piperidine rings is 1. The van der Waals surface area contributed by atoms with Gasteiger partial charge in [0.2, 0.25) is 0 Å². The number of nitrogens with zero attached hydrogens (tertiary/aromatic N) is 5. The maximum absolute atomic E-state index is 5.06. The van der Waals surface area contributed by atoms with E-state index in [0.717, 1.165) is 51.3 Å². The molecular weight excluding hydrogens is 452 g/mol. The van der Waals surface area contributed by atoms with Crippen molar-refractivity contribution >= 4 is 27.4 Å². The zero-order chi connectivity index (χ0) is 20.6. The summed E-state index contributed by atoms with van der Waals surface area (Å²) in [6.07, 6.45) is 12.5. The minimum absolute atomic E-state index is 0.492. The van der Waals surface area contributed by atoms with Crippen molar-refractivity contribution in [3.05, 3.63) is 52.5 Å². The van der Waals surface area contributed by atoms with E-state index in [0.29, 0.717) is 12.5 Å². The lowest BCUT2D eigenvalue weighted by molar-refractivity contribution is 0.128. The number of hydrogen-bond donors (Lipinski definition) is 1. The number of rotatable bonds is 5. The van der Waals surface area contributed by atoms with Crippen LogP contribution in [-0.2, 0) is 6.54 Å². The van der Waals surface area contributed by atoms with Crippen LogP contribution in [0.25, 0.3) is 5.65 Å². The molecule has 4 fully saturated rings. The molecule has 0 amide bonds. The van der Waals surface area contributed by atoms with Crippen LogP contribution in [0.5, 0.6) is 0 Å². The number of nitrogens with one attached hydrogen (secondary N) is 1. The van der Waals surface area contributed by atoms with Crippen LogP contribution in [0.4, 0.5) is 5.82 Å². The Kier molecular flexibility index (Phi) is 4.04. The molecule has 7 rings (SSSR count). The second-order valence-corrected chi connectivity index (χ2v) is 10.9. The highest BCUT2D eigenvalue weighted by Crippen LogP contribution is 2.82. The van der Waals surface area contributed by atoms with Crippen molar-refractivity contribution in [2.45, 2.75) is 50.6 Å².